The molecule has 3 heterocycles. The summed E-state index contributed by atoms with van der Waals surface area (Å²) in [4.78, 5) is 9.41. The Bertz CT molecular complexity index is 906. The van der Waals surface area contributed by atoms with Crippen molar-refractivity contribution >= 4 is 17.1 Å². The van der Waals surface area contributed by atoms with Crippen LogP contribution in [0.5, 0.6) is 0 Å². The van der Waals surface area contributed by atoms with Gasteiger partial charge in [-0.25, -0.2) is 4.98 Å². The van der Waals surface area contributed by atoms with Gasteiger partial charge in [0, 0.05) is 30.8 Å². The minimum atomic E-state index is 0.525. The van der Waals surface area contributed by atoms with Gasteiger partial charge in [0.15, 0.2) is 5.58 Å². The Morgan fingerprint density at radius 2 is 2.29 bits per heavy atom. The maximum atomic E-state index is 5.69. The van der Waals surface area contributed by atoms with Crippen LogP contribution in [0.25, 0.3) is 22.4 Å². The van der Waals surface area contributed by atoms with E-state index in [-0.39, 0.29) is 0 Å². The molecule has 0 saturated carbocycles. The number of fused-ring (bicyclic) bond motifs is 2. The fourth-order valence-corrected chi connectivity index (χ4v) is 3.39. The summed E-state index contributed by atoms with van der Waals surface area (Å²) in [5.41, 5.74) is 5.02. The van der Waals surface area contributed by atoms with Gasteiger partial charge in [-0.05, 0) is 37.5 Å². The first kappa shape index (κ1) is 15.0. The number of hydrogen-bond acceptors (Lipinski definition) is 4. The fraction of sp³-hybridized carbons (Fsp3) is 0.368. The Balaban J connectivity index is 1.72. The molecule has 2 aromatic heterocycles. The summed E-state index contributed by atoms with van der Waals surface area (Å²) in [5, 5.41) is 3.08. The third kappa shape index (κ3) is 2.50. The molecule has 1 aliphatic rings. The van der Waals surface area contributed by atoms with Crippen LogP contribution in [0, 0.1) is 12.8 Å². The number of aromatic nitrogens is 3. The molecule has 5 nitrogen and oxygen atoms in total. The topological polar surface area (TPSA) is 55.9 Å². The standard InChI is InChI=1S/C19H22N4O/c1-4-8-20-19-21-15-11-14(5-6-16(15)24-19)18-13(3)23-9-7-12(2)10-17(23)22-18/h4-6,11-12H,1,7-10H2,2-3H3,(H,20,21). The summed E-state index contributed by atoms with van der Waals surface area (Å²) in [6, 6.07) is 6.62. The molecule has 4 rings (SSSR count). The van der Waals surface area contributed by atoms with Crippen molar-refractivity contribution in [1.29, 1.82) is 0 Å². The Morgan fingerprint density at radius 3 is 3.12 bits per heavy atom. The molecule has 1 N–H and O–H groups in total. The van der Waals surface area contributed by atoms with E-state index < -0.39 is 0 Å². The van der Waals surface area contributed by atoms with Crippen LogP contribution < -0.4 is 5.32 Å². The molecule has 1 atom stereocenters. The highest BCUT2D eigenvalue weighted by molar-refractivity contribution is 5.81. The third-order valence-electron chi connectivity index (χ3n) is 4.74. The van der Waals surface area contributed by atoms with Gasteiger partial charge in [0.2, 0.25) is 0 Å². The molecule has 1 aliphatic heterocycles. The lowest BCUT2D eigenvalue weighted by molar-refractivity contribution is 0.405. The number of oxazole rings is 1. The minimum Gasteiger partial charge on any atom is -0.424 e. The van der Waals surface area contributed by atoms with Crippen molar-refractivity contribution in [3.8, 4) is 11.3 Å². The van der Waals surface area contributed by atoms with E-state index in [1.807, 2.05) is 6.07 Å². The highest BCUT2D eigenvalue weighted by Gasteiger charge is 2.21. The van der Waals surface area contributed by atoms with Gasteiger partial charge in [-0.2, -0.15) is 4.98 Å². The van der Waals surface area contributed by atoms with Crippen molar-refractivity contribution < 1.29 is 4.42 Å². The summed E-state index contributed by atoms with van der Waals surface area (Å²) in [6.45, 7) is 9.84. The Kier molecular flexibility index (Phi) is 3.63. The first-order valence-electron chi connectivity index (χ1n) is 8.47. The van der Waals surface area contributed by atoms with Crippen molar-refractivity contribution in [2.45, 2.75) is 33.2 Å². The SMILES string of the molecule is C=CCNc1nc2cc(-c3nc4n(c3C)CCC(C)C4)ccc2o1. The van der Waals surface area contributed by atoms with Crippen LogP contribution in [0.15, 0.2) is 35.3 Å². The molecule has 0 bridgehead atoms. The number of benzene rings is 1. The van der Waals surface area contributed by atoms with Crippen LogP contribution in [0.4, 0.5) is 6.01 Å². The van der Waals surface area contributed by atoms with E-state index in [4.69, 9.17) is 9.40 Å². The van der Waals surface area contributed by atoms with Crippen molar-refractivity contribution in [2.75, 3.05) is 11.9 Å². The second-order valence-corrected chi connectivity index (χ2v) is 6.58. The van der Waals surface area contributed by atoms with Crippen molar-refractivity contribution in [3.05, 3.63) is 42.4 Å². The van der Waals surface area contributed by atoms with Gasteiger partial charge in [-0.1, -0.05) is 13.0 Å². The van der Waals surface area contributed by atoms with E-state index in [1.165, 1.54) is 17.9 Å². The summed E-state index contributed by atoms with van der Waals surface area (Å²) >= 11 is 0. The lowest BCUT2D eigenvalue weighted by Gasteiger charge is -2.20. The van der Waals surface area contributed by atoms with Gasteiger partial charge in [-0.3, -0.25) is 0 Å². The average molecular weight is 322 g/mol. The van der Waals surface area contributed by atoms with Crippen LogP contribution >= 0.6 is 0 Å². The van der Waals surface area contributed by atoms with Gasteiger partial charge in [0.1, 0.15) is 11.3 Å². The molecule has 0 fully saturated rings. The largest absolute Gasteiger partial charge is 0.424 e. The number of anilines is 1. The maximum absolute atomic E-state index is 5.69. The second kappa shape index (κ2) is 5.82. The van der Waals surface area contributed by atoms with Crippen LogP contribution in [-0.4, -0.2) is 21.1 Å². The smallest absolute Gasteiger partial charge is 0.295 e. The Labute approximate surface area is 141 Å². The van der Waals surface area contributed by atoms with E-state index in [0.717, 1.165) is 35.3 Å². The van der Waals surface area contributed by atoms with Crippen LogP contribution in [0.1, 0.15) is 24.9 Å². The number of imidazole rings is 1. The average Bonchev–Trinajstić information content (AvgIpc) is 3.12. The van der Waals surface area contributed by atoms with Crippen LogP contribution in [0.3, 0.4) is 0 Å². The van der Waals surface area contributed by atoms with Crippen LogP contribution in [0.2, 0.25) is 0 Å². The number of hydrogen-bond donors (Lipinski definition) is 1. The first-order valence-corrected chi connectivity index (χ1v) is 8.47. The normalized spacial score (nSPS) is 17.0. The molecule has 0 aliphatic carbocycles. The molecule has 1 unspecified atom stereocenters. The summed E-state index contributed by atoms with van der Waals surface area (Å²) in [7, 11) is 0. The summed E-state index contributed by atoms with van der Waals surface area (Å²) in [6.07, 6.45) is 4.06. The summed E-state index contributed by atoms with van der Waals surface area (Å²) in [5.74, 6) is 1.92. The van der Waals surface area contributed by atoms with E-state index in [0.29, 0.717) is 18.5 Å². The Hall–Kier alpha value is -2.56. The van der Waals surface area contributed by atoms with Gasteiger partial charge < -0.3 is 14.3 Å². The lowest BCUT2D eigenvalue weighted by Crippen LogP contribution is -2.17. The predicted molar refractivity (Wildman–Crippen MR) is 96.1 cm³/mol. The zero-order chi connectivity index (χ0) is 16.7. The quantitative estimate of drug-likeness (QED) is 0.732. The predicted octanol–water partition coefficient (Wildman–Crippen LogP) is 4.18. The van der Waals surface area contributed by atoms with Gasteiger partial charge in [-0.15, -0.1) is 6.58 Å². The molecule has 3 aromatic rings. The Morgan fingerprint density at radius 1 is 1.42 bits per heavy atom. The summed E-state index contributed by atoms with van der Waals surface area (Å²) < 4.78 is 8.05. The maximum Gasteiger partial charge on any atom is 0.295 e. The fourth-order valence-electron chi connectivity index (χ4n) is 3.39. The van der Waals surface area contributed by atoms with E-state index in [1.54, 1.807) is 6.08 Å². The zero-order valence-electron chi connectivity index (χ0n) is 14.2. The van der Waals surface area contributed by atoms with Crippen molar-refractivity contribution in [3.63, 3.8) is 0 Å². The molecule has 5 heteroatoms. The number of nitrogens with zero attached hydrogens (tertiary/aromatic N) is 3. The lowest BCUT2D eigenvalue weighted by atomic mass is 10.0. The van der Waals surface area contributed by atoms with Gasteiger partial charge in [0.25, 0.3) is 6.01 Å². The van der Waals surface area contributed by atoms with E-state index >= 15 is 0 Å². The van der Waals surface area contributed by atoms with Gasteiger partial charge in [0.05, 0.1) is 5.69 Å². The van der Waals surface area contributed by atoms with E-state index in [9.17, 15) is 0 Å². The minimum absolute atomic E-state index is 0.525. The molecule has 124 valence electrons. The highest BCUT2D eigenvalue weighted by Crippen LogP contribution is 2.31. The molecule has 1 aromatic carbocycles. The third-order valence-corrected chi connectivity index (χ3v) is 4.74. The number of nitrogens with one attached hydrogen (secondary N) is 1. The molecular formula is C19H22N4O. The molecular weight excluding hydrogens is 300 g/mol. The van der Waals surface area contributed by atoms with Gasteiger partial charge >= 0.3 is 0 Å². The molecule has 0 saturated heterocycles. The number of rotatable bonds is 4. The zero-order valence-corrected chi connectivity index (χ0v) is 14.2. The highest BCUT2D eigenvalue weighted by atomic mass is 16.4. The molecule has 0 radical (unpaired) electrons. The van der Waals surface area contributed by atoms with Crippen molar-refractivity contribution in [1.82, 2.24) is 14.5 Å². The molecule has 24 heavy (non-hydrogen) atoms. The second-order valence-electron chi connectivity index (χ2n) is 6.58. The molecule has 0 amide bonds. The van der Waals surface area contributed by atoms with E-state index in [2.05, 4.69) is 47.4 Å². The first-order chi connectivity index (χ1) is 11.7. The molecule has 0 spiro atoms. The monoisotopic (exact) mass is 322 g/mol. The van der Waals surface area contributed by atoms with Crippen molar-refractivity contribution in [2.24, 2.45) is 5.92 Å². The van der Waals surface area contributed by atoms with Crippen LogP contribution in [-0.2, 0) is 13.0 Å².